The highest BCUT2D eigenvalue weighted by Gasteiger charge is 2.49. The quantitative estimate of drug-likeness (QED) is 0.540. The van der Waals surface area contributed by atoms with Crippen molar-refractivity contribution < 1.29 is 23.9 Å². The summed E-state index contributed by atoms with van der Waals surface area (Å²) in [7, 11) is 0. The molecule has 0 spiro atoms. The van der Waals surface area contributed by atoms with E-state index in [2.05, 4.69) is 0 Å². The molecule has 0 heterocycles. The first-order chi connectivity index (χ1) is 13.7. The standard InChI is InChI=1S/C23H30N2O5/c1-12(2)17(24)20(28)23(25,21(29)30-22(4,5)6)11-16-13(3)18(26)14-9-7-8-10-15(14)19(16)27/h7-10,12,17H,11,24-25H2,1-6H3/t17-,23?/m1/s1. The Kier molecular flexibility index (Phi) is 6.49. The van der Waals surface area contributed by atoms with E-state index in [4.69, 9.17) is 16.2 Å². The van der Waals surface area contributed by atoms with Crippen LogP contribution in [0.15, 0.2) is 35.4 Å². The molecule has 7 heteroatoms. The summed E-state index contributed by atoms with van der Waals surface area (Å²) in [4.78, 5) is 52.1. The van der Waals surface area contributed by atoms with Crippen molar-refractivity contribution in [2.24, 2.45) is 17.4 Å². The second-order valence-electron chi connectivity index (χ2n) is 9.09. The van der Waals surface area contributed by atoms with Crippen LogP contribution >= 0.6 is 0 Å². The van der Waals surface area contributed by atoms with Gasteiger partial charge in [-0.1, -0.05) is 38.1 Å². The molecule has 0 bridgehead atoms. The molecule has 1 unspecified atom stereocenters. The summed E-state index contributed by atoms with van der Waals surface area (Å²) in [5, 5.41) is 0. The molecule has 162 valence electrons. The van der Waals surface area contributed by atoms with E-state index in [1.807, 2.05) is 0 Å². The second-order valence-corrected chi connectivity index (χ2v) is 9.09. The van der Waals surface area contributed by atoms with Gasteiger partial charge >= 0.3 is 5.97 Å². The molecule has 0 saturated heterocycles. The maximum atomic E-state index is 13.2. The van der Waals surface area contributed by atoms with E-state index < -0.39 is 41.1 Å². The van der Waals surface area contributed by atoms with Gasteiger partial charge in [0.1, 0.15) is 5.60 Å². The number of hydrogen-bond donors (Lipinski definition) is 2. The fraction of sp³-hybridized carbons (Fsp3) is 0.478. The van der Waals surface area contributed by atoms with Gasteiger partial charge in [-0.15, -0.1) is 0 Å². The van der Waals surface area contributed by atoms with Gasteiger partial charge in [0.2, 0.25) is 0 Å². The van der Waals surface area contributed by atoms with Crippen LogP contribution in [0.2, 0.25) is 0 Å². The third-order valence-electron chi connectivity index (χ3n) is 5.16. The summed E-state index contributed by atoms with van der Waals surface area (Å²) in [6.45, 7) is 9.90. The maximum Gasteiger partial charge on any atom is 0.334 e. The van der Waals surface area contributed by atoms with Crippen molar-refractivity contribution in [3.63, 3.8) is 0 Å². The van der Waals surface area contributed by atoms with E-state index in [1.165, 1.54) is 13.0 Å². The van der Waals surface area contributed by atoms with Gasteiger partial charge in [-0.3, -0.25) is 14.4 Å². The SMILES string of the molecule is CC1=C(CC(N)(C(=O)OC(C)(C)C)C(=O)[C@H](N)C(C)C)C(=O)c2ccccc2C1=O. The number of allylic oxidation sites excluding steroid dienone is 1. The number of nitrogens with two attached hydrogens (primary N) is 2. The summed E-state index contributed by atoms with van der Waals surface area (Å²) >= 11 is 0. The fourth-order valence-corrected chi connectivity index (χ4v) is 3.27. The molecule has 30 heavy (non-hydrogen) atoms. The molecule has 2 rings (SSSR count). The molecular formula is C23H30N2O5. The lowest BCUT2D eigenvalue weighted by Crippen LogP contribution is -2.63. The van der Waals surface area contributed by atoms with Crippen LogP contribution in [0.3, 0.4) is 0 Å². The molecule has 0 saturated carbocycles. The summed E-state index contributed by atoms with van der Waals surface area (Å²) in [5.41, 5.74) is 9.95. The number of Topliss-reactive ketones (excluding diaryl/α,β-unsaturated/α-hetero) is 3. The first-order valence-corrected chi connectivity index (χ1v) is 9.91. The van der Waals surface area contributed by atoms with Crippen molar-refractivity contribution in [1.29, 1.82) is 0 Å². The molecule has 2 atom stereocenters. The largest absolute Gasteiger partial charge is 0.458 e. The van der Waals surface area contributed by atoms with Gasteiger partial charge in [-0.05, 0) is 33.6 Å². The normalized spacial score (nSPS) is 17.5. The molecule has 0 aromatic heterocycles. The molecular weight excluding hydrogens is 384 g/mol. The molecule has 0 aliphatic heterocycles. The van der Waals surface area contributed by atoms with Crippen LogP contribution in [0, 0.1) is 5.92 Å². The molecule has 1 aromatic carbocycles. The molecule has 1 aromatic rings. The van der Waals surface area contributed by atoms with Crippen molar-refractivity contribution in [1.82, 2.24) is 0 Å². The van der Waals surface area contributed by atoms with Gasteiger partial charge in [-0.2, -0.15) is 0 Å². The minimum atomic E-state index is -2.20. The Bertz CT molecular complexity index is 939. The van der Waals surface area contributed by atoms with E-state index >= 15 is 0 Å². The van der Waals surface area contributed by atoms with Gasteiger partial charge in [0, 0.05) is 28.7 Å². The minimum absolute atomic E-state index is 0.0244. The van der Waals surface area contributed by atoms with Crippen molar-refractivity contribution >= 4 is 23.3 Å². The Morgan fingerprint density at radius 3 is 2.00 bits per heavy atom. The summed E-state index contributed by atoms with van der Waals surface area (Å²) < 4.78 is 5.40. The zero-order chi connectivity index (χ0) is 23.0. The highest BCUT2D eigenvalue weighted by Crippen LogP contribution is 2.32. The summed E-state index contributed by atoms with van der Waals surface area (Å²) in [5.74, 6) is -2.77. The van der Waals surface area contributed by atoms with E-state index in [9.17, 15) is 19.2 Å². The van der Waals surface area contributed by atoms with Crippen molar-refractivity contribution in [3.05, 3.63) is 46.5 Å². The maximum absolute atomic E-state index is 13.2. The van der Waals surface area contributed by atoms with Gasteiger partial charge < -0.3 is 16.2 Å². The summed E-state index contributed by atoms with van der Waals surface area (Å²) in [6, 6.07) is 5.38. The van der Waals surface area contributed by atoms with Crippen LogP contribution in [-0.2, 0) is 14.3 Å². The van der Waals surface area contributed by atoms with Gasteiger partial charge in [0.05, 0.1) is 6.04 Å². The fourth-order valence-electron chi connectivity index (χ4n) is 3.27. The number of hydrogen-bond acceptors (Lipinski definition) is 7. The van der Waals surface area contributed by atoms with Crippen LogP contribution in [0.5, 0.6) is 0 Å². The number of ether oxygens (including phenoxy) is 1. The lowest BCUT2D eigenvalue weighted by molar-refractivity contribution is -0.164. The molecule has 0 radical (unpaired) electrons. The second kappa shape index (κ2) is 8.24. The molecule has 1 aliphatic carbocycles. The van der Waals surface area contributed by atoms with Gasteiger partial charge in [0.25, 0.3) is 0 Å². The van der Waals surface area contributed by atoms with Crippen LogP contribution in [0.25, 0.3) is 0 Å². The van der Waals surface area contributed by atoms with Crippen LogP contribution < -0.4 is 11.5 Å². The predicted molar refractivity (Wildman–Crippen MR) is 113 cm³/mol. The first kappa shape index (κ1) is 23.6. The van der Waals surface area contributed by atoms with Crippen LogP contribution in [0.1, 0.15) is 68.7 Å². The number of rotatable bonds is 6. The summed E-state index contributed by atoms with van der Waals surface area (Å²) in [6.07, 6.45) is -0.466. The van der Waals surface area contributed by atoms with Gasteiger partial charge in [0.15, 0.2) is 22.9 Å². The Balaban J connectivity index is 2.57. The average Bonchev–Trinajstić information content (AvgIpc) is 2.66. The monoisotopic (exact) mass is 414 g/mol. The minimum Gasteiger partial charge on any atom is -0.458 e. The average molecular weight is 415 g/mol. The van der Waals surface area contributed by atoms with E-state index in [-0.39, 0.29) is 34.0 Å². The smallest absolute Gasteiger partial charge is 0.334 e. The Labute approximate surface area is 176 Å². The third kappa shape index (κ3) is 4.42. The lowest BCUT2D eigenvalue weighted by atomic mass is 9.75. The molecule has 4 N–H and O–H groups in total. The zero-order valence-electron chi connectivity index (χ0n) is 18.4. The van der Waals surface area contributed by atoms with Crippen molar-refractivity contribution in [2.75, 3.05) is 0 Å². The van der Waals surface area contributed by atoms with E-state index in [1.54, 1.807) is 52.8 Å². The Morgan fingerprint density at radius 1 is 1.03 bits per heavy atom. The Morgan fingerprint density at radius 2 is 1.53 bits per heavy atom. The highest BCUT2D eigenvalue weighted by atomic mass is 16.6. The number of fused-ring (bicyclic) bond motifs is 1. The Hall–Kier alpha value is -2.64. The molecule has 0 amide bonds. The topological polar surface area (TPSA) is 130 Å². The predicted octanol–water partition coefficient (Wildman–Crippen LogP) is 2.36. The van der Waals surface area contributed by atoms with E-state index in [0.29, 0.717) is 0 Å². The number of benzene rings is 1. The number of esters is 1. The van der Waals surface area contributed by atoms with Crippen LogP contribution in [0.4, 0.5) is 0 Å². The number of carbonyl (C=O) groups excluding carboxylic acids is 4. The first-order valence-electron chi connectivity index (χ1n) is 9.91. The third-order valence-corrected chi connectivity index (χ3v) is 5.16. The lowest BCUT2D eigenvalue weighted by Gasteiger charge is -2.34. The number of carbonyl (C=O) groups is 4. The van der Waals surface area contributed by atoms with Crippen molar-refractivity contribution in [2.45, 2.75) is 65.1 Å². The highest BCUT2D eigenvalue weighted by molar-refractivity contribution is 6.27. The molecule has 0 fully saturated rings. The molecule has 7 nitrogen and oxygen atoms in total. The van der Waals surface area contributed by atoms with Gasteiger partial charge in [-0.25, -0.2) is 4.79 Å². The van der Waals surface area contributed by atoms with Crippen LogP contribution in [-0.4, -0.2) is 40.5 Å². The van der Waals surface area contributed by atoms with E-state index in [0.717, 1.165) is 0 Å². The van der Waals surface area contributed by atoms with Crippen molar-refractivity contribution in [3.8, 4) is 0 Å². The number of ketones is 3. The molecule has 1 aliphatic rings. The zero-order valence-corrected chi connectivity index (χ0v) is 18.4.